The monoisotopic (exact) mass is 495 g/mol. The number of aromatic hydroxyl groups is 1. The van der Waals surface area contributed by atoms with Crippen molar-refractivity contribution in [3.63, 3.8) is 0 Å². The van der Waals surface area contributed by atoms with Crippen molar-refractivity contribution in [3.05, 3.63) is 78.9 Å². The van der Waals surface area contributed by atoms with Crippen molar-refractivity contribution >= 4 is 23.2 Å². The van der Waals surface area contributed by atoms with Crippen LogP contribution in [0.4, 0.5) is 17.3 Å². The highest BCUT2D eigenvalue weighted by atomic mass is 16.5. The zero-order valence-corrected chi connectivity index (χ0v) is 20.6. The first-order valence-electron chi connectivity index (χ1n) is 12.3. The standard InChI is InChI=1S/C29H29N5O3/c1-37-25-14-6-21(7-15-25)27-18-26(20-4-12-24(35)13-5-20)32-29(33-27)31-23-10-8-22(9-11-23)30-28(36)19-34-16-2-3-17-34/h4-15,18,35H,2-3,16-17,19H2,1H3,(H,30,36)(H,31,32,33). The van der Waals surface area contributed by atoms with Crippen molar-refractivity contribution in [2.75, 3.05) is 37.4 Å². The van der Waals surface area contributed by atoms with Crippen LogP contribution in [-0.2, 0) is 4.79 Å². The SMILES string of the molecule is COc1ccc(-c2cc(-c3ccc(O)cc3)nc(Nc3ccc(NC(=O)CN4CCCC4)cc3)n2)cc1. The number of ether oxygens (including phenoxy) is 1. The molecule has 0 spiro atoms. The van der Waals surface area contributed by atoms with Crippen LogP contribution in [0.15, 0.2) is 78.9 Å². The van der Waals surface area contributed by atoms with Gasteiger partial charge in [0, 0.05) is 22.5 Å². The summed E-state index contributed by atoms with van der Waals surface area (Å²) in [5.74, 6) is 1.39. The molecule has 0 saturated carbocycles. The lowest BCUT2D eigenvalue weighted by atomic mass is 10.1. The Hall–Kier alpha value is -4.43. The minimum atomic E-state index is -0.00308. The molecule has 37 heavy (non-hydrogen) atoms. The van der Waals surface area contributed by atoms with Gasteiger partial charge in [-0.05, 0) is 105 Å². The molecule has 1 saturated heterocycles. The van der Waals surface area contributed by atoms with Crippen molar-refractivity contribution in [2.24, 2.45) is 0 Å². The molecule has 1 aliphatic rings. The predicted octanol–water partition coefficient (Wildman–Crippen LogP) is 5.30. The number of hydrogen-bond acceptors (Lipinski definition) is 7. The first-order valence-corrected chi connectivity index (χ1v) is 12.3. The van der Waals surface area contributed by atoms with Gasteiger partial charge in [0.25, 0.3) is 0 Å². The van der Waals surface area contributed by atoms with Crippen LogP contribution in [-0.4, -0.2) is 52.6 Å². The van der Waals surface area contributed by atoms with Gasteiger partial charge in [-0.3, -0.25) is 9.69 Å². The molecule has 1 aromatic heterocycles. The summed E-state index contributed by atoms with van der Waals surface area (Å²) in [4.78, 5) is 24.0. The number of benzene rings is 3. The Morgan fingerprint density at radius 3 is 2.03 bits per heavy atom. The van der Waals surface area contributed by atoms with Crippen LogP contribution in [0, 0.1) is 0 Å². The molecule has 1 amide bonds. The number of phenols is 1. The van der Waals surface area contributed by atoms with E-state index in [-0.39, 0.29) is 11.7 Å². The van der Waals surface area contributed by atoms with Crippen molar-refractivity contribution in [1.29, 1.82) is 0 Å². The largest absolute Gasteiger partial charge is 0.508 e. The van der Waals surface area contributed by atoms with Gasteiger partial charge in [0.15, 0.2) is 0 Å². The van der Waals surface area contributed by atoms with E-state index in [1.54, 1.807) is 19.2 Å². The lowest BCUT2D eigenvalue weighted by molar-refractivity contribution is -0.117. The van der Waals surface area contributed by atoms with E-state index in [0.29, 0.717) is 18.2 Å². The van der Waals surface area contributed by atoms with Crippen LogP contribution in [0.2, 0.25) is 0 Å². The summed E-state index contributed by atoms with van der Waals surface area (Å²) in [6, 6.07) is 24.0. The van der Waals surface area contributed by atoms with Gasteiger partial charge in [-0.2, -0.15) is 0 Å². The maximum Gasteiger partial charge on any atom is 0.238 e. The molecule has 188 valence electrons. The number of carbonyl (C=O) groups is 1. The summed E-state index contributed by atoms with van der Waals surface area (Å²) in [5, 5.41) is 15.9. The summed E-state index contributed by atoms with van der Waals surface area (Å²) in [7, 11) is 1.63. The second kappa shape index (κ2) is 11.1. The van der Waals surface area contributed by atoms with Crippen LogP contribution in [0.25, 0.3) is 22.5 Å². The average Bonchev–Trinajstić information content (AvgIpc) is 3.43. The van der Waals surface area contributed by atoms with Crippen LogP contribution < -0.4 is 15.4 Å². The first kappa shape index (κ1) is 24.3. The van der Waals surface area contributed by atoms with E-state index in [1.807, 2.05) is 66.7 Å². The fraction of sp³-hybridized carbons (Fsp3) is 0.207. The van der Waals surface area contributed by atoms with E-state index in [0.717, 1.165) is 59.9 Å². The topological polar surface area (TPSA) is 99.6 Å². The number of rotatable bonds is 8. The Bertz CT molecular complexity index is 1350. The quantitative estimate of drug-likeness (QED) is 0.305. The molecular formula is C29H29N5O3. The zero-order chi connectivity index (χ0) is 25.6. The van der Waals surface area contributed by atoms with Crippen LogP contribution >= 0.6 is 0 Å². The summed E-state index contributed by atoms with van der Waals surface area (Å²) in [6.45, 7) is 2.39. The highest BCUT2D eigenvalue weighted by Gasteiger charge is 2.15. The molecule has 8 heteroatoms. The lowest BCUT2D eigenvalue weighted by Crippen LogP contribution is -2.30. The van der Waals surface area contributed by atoms with Crippen molar-refractivity contribution in [1.82, 2.24) is 14.9 Å². The van der Waals surface area contributed by atoms with Gasteiger partial charge in [-0.15, -0.1) is 0 Å². The Morgan fingerprint density at radius 1 is 0.865 bits per heavy atom. The fourth-order valence-corrected chi connectivity index (χ4v) is 4.30. The molecule has 0 unspecified atom stereocenters. The van der Waals surface area contributed by atoms with Gasteiger partial charge >= 0.3 is 0 Å². The molecule has 1 aliphatic heterocycles. The number of likely N-dealkylation sites (tertiary alicyclic amines) is 1. The zero-order valence-electron chi connectivity index (χ0n) is 20.6. The Balaban J connectivity index is 1.36. The lowest BCUT2D eigenvalue weighted by Gasteiger charge is -2.14. The number of phenolic OH excluding ortho intramolecular Hbond substituents is 1. The Kier molecular flexibility index (Phi) is 7.28. The number of aromatic nitrogens is 2. The summed E-state index contributed by atoms with van der Waals surface area (Å²) in [6.07, 6.45) is 2.31. The van der Waals surface area contributed by atoms with Crippen molar-refractivity contribution in [3.8, 4) is 34.0 Å². The molecule has 2 heterocycles. The predicted molar refractivity (Wildman–Crippen MR) is 145 cm³/mol. The van der Waals surface area contributed by atoms with E-state index in [4.69, 9.17) is 14.7 Å². The third kappa shape index (κ3) is 6.23. The van der Waals surface area contributed by atoms with Gasteiger partial charge in [0.05, 0.1) is 25.0 Å². The van der Waals surface area contributed by atoms with E-state index < -0.39 is 0 Å². The maximum atomic E-state index is 12.3. The second-order valence-corrected chi connectivity index (χ2v) is 8.97. The highest BCUT2D eigenvalue weighted by Crippen LogP contribution is 2.28. The maximum absolute atomic E-state index is 12.3. The number of hydrogen-bond donors (Lipinski definition) is 3. The van der Waals surface area contributed by atoms with Gasteiger partial charge in [0.2, 0.25) is 11.9 Å². The van der Waals surface area contributed by atoms with Gasteiger partial charge < -0.3 is 20.5 Å². The third-order valence-electron chi connectivity index (χ3n) is 6.27. The number of carbonyl (C=O) groups excluding carboxylic acids is 1. The van der Waals surface area contributed by atoms with E-state index in [9.17, 15) is 9.90 Å². The molecule has 0 aliphatic carbocycles. The molecule has 5 rings (SSSR count). The van der Waals surface area contributed by atoms with Crippen LogP contribution in [0.1, 0.15) is 12.8 Å². The molecule has 1 fully saturated rings. The summed E-state index contributed by atoms with van der Waals surface area (Å²) >= 11 is 0. The van der Waals surface area contributed by atoms with Crippen LogP contribution in [0.3, 0.4) is 0 Å². The molecule has 0 radical (unpaired) electrons. The summed E-state index contributed by atoms with van der Waals surface area (Å²) in [5.41, 5.74) is 4.77. The third-order valence-corrected chi connectivity index (χ3v) is 6.27. The Morgan fingerprint density at radius 2 is 1.43 bits per heavy atom. The number of anilines is 3. The van der Waals surface area contributed by atoms with Crippen molar-refractivity contribution < 1.29 is 14.6 Å². The van der Waals surface area contributed by atoms with Gasteiger partial charge in [0.1, 0.15) is 11.5 Å². The minimum absolute atomic E-state index is 0.00308. The second-order valence-electron chi connectivity index (χ2n) is 8.97. The van der Waals surface area contributed by atoms with Gasteiger partial charge in [-0.25, -0.2) is 9.97 Å². The molecule has 3 aromatic carbocycles. The van der Waals surface area contributed by atoms with E-state index >= 15 is 0 Å². The highest BCUT2D eigenvalue weighted by molar-refractivity contribution is 5.92. The van der Waals surface area contributed by atoms with E-state index in [2.05, 4.69) is 15.5 Å². The van der Waals surface area contributed by atoms with Crippen LogP contribution in [0.5, 0.6) is 11.5 Å². The number of methoxy groups -OCH3 is 1. The molecule has 0 atom stereocenters. The smallest absolute Gasteiger partial charge is 0.238 e. The Labute approximate surface area is 216 Å². The molecule has 8 nitrogen and oxygen atoms in total. The fourth-order valence-electron chi connectivity index (χ4n) is 4.30. The molecule has 0 bridgehead atoms. The number of nitrogens with one attached hydrogen (secondary N) is 2. The van der Waals surface area contributed by atoms with Crippen molar-refractivity contribution in [2.45, 2.75) is 12.8 Å². The molecular weight excluding hydrogens is 466 g/mol. The average molecular weight is 496 g/mol. The van der Waals surface area contributed by atoms with Gasteiger partial charge in [-0.1, -0.05) is 0 Å². The first-order chi connectivity index (χ1) is 18.1. The minimum Gasteiger partial charge on any atom is -0.508 e. The molecule has 3 N–H and O–H groups in total. The number of nitrogens with zero attached hydrogens (tertiary/aromatic N) is 3. The summed E-state index contributed by atoms with van der Waals surface area (Å²) < 4.78 is 5.28. The molecule has 4 aromatic rings. The van der Waals surface area contributed by atoms with E-state index in [1.165, 1.54) is 0 Å². The number of amides is 1. The normalized spacial score (nSPS) is 13.3.